The molecular weight excluding hydrogens is 180 g/mol. The Balaban J connectivity index is 1.94. The van der Waals surface area contributed by atoms with Crippen molar-refractivity contribution < 1.29 is 0 Å². The van der Waals surface area contributed by atoms with Gasteiger partial charge in [0.15, 0.2) is 5.82 Å². The Morgan fingerprint density at radius 1 is 1.29 bits per heavy atom. The van der Waals surface area contributed by atoms with Crippen LogP contribution in [0.25, 0.3) is 0 Å². The van der Waals surface area contributed by atoms with Crippen molar-refractivity contribution in [2.24, 2.45) is 14.1 Å². The van der Waals surface area contributed by atoms with Gasteiger partial charge < -0.3 is 5.32 Å². The van der Waals surface area contributed by atoms with E-state index in [4.69, 9.17) is 0 Å². The molecule has 0 aliphatic heterocycles. The Bertz CT molecular complexity index is 375. The fraction of sp³-hybridized carbons (Fsp3) is 0.375. The van der Waals surface area contributed by atoms with Crippen LogP contribution in [-0.2, 0) is 20.6 Å². The second-order valence-electron chi connectivity index (χ2n) is 3.15. The van der Waals surface area contributed by atoms with Crippen LogP contribution < -0.4 is 5.32 Å². The topological polar surface area (TPSA) is 60.6 Å². The Hall–Kier alpha value is -1.85. The van der Waals surface area contributed by atoms with Crippen molar-refractivity contribution in [2.75, 3.05) is 5.32 Å². The van der Waals surface area contributed by atoms with Crippen LogP contribution in [0.3, 0.4) is 0 Å². The number of hydrogen-bond donors (Lipinski definition) is 1. The second-order valence-corrected chi connectivity index (χ2v) is 3.15. The summed E-state index contributed by atoms with van der Waals surface area (Å²) in [6.45, 7) is 0.715. The minimum absolute atomic E-state index is 0.715. The summed E-state index contributed by atoms with van der Waals surface area (Å²) in [4.78, 5) is 0. The Labute approximate surface area is 81.5 Å². The quantitative estimate of drug-likeness (QED) is 0.752. The molecule has 0 spiro atoms. The first-order chi connectivity index (χ1) is 6.74. The molecule has 0 aromatic carbocycles. The first kappa shape index (κ1) is 8.74. The Morgan fingerprint density at radius 2 is 2.14 bits per heavy atom. The lowest BCUT2D eigenvalue weighted by atomic mass is 10.3. The average Bonchev–Trinajstić information content (AvgIpc) is 2.72. The highest BCUT2D eigenvalue weighted by Crippen LogP contribution is 2.02. The van der Waals surface area contributed by atoms with Gasteiger partial charge in [-0.3, -0.25) is 9.36 Å². The Kier molecular flexibility index (Phi) is 2.18. The maximum atomic E-state index is 4.07. The molecule has 6 heteroatoms. The third kappa shape index (κ3) is 1.90. The van der Waals surface area contributed by atoms with E-state index in [0.717, 1.165) is 11.4 Å². The zero-order valence-corrected chi connectivity index (χ0v) is 8.18. The van der Waals surface area contributed by atoms with Crippen LogP contribution in [0.1, 0.15) is 5.56 Å². The molecule has 14 heavy (non-hydrogen) atoms. The molecule has 74 valence electrons. The van der Waals surface area contributed by atoms with Crippen molar-refractivity contribution in [3.05, 3.63) is 24.2 Å². The van der Waals surface area contributed by atoms with Crippen LogP contribution in [0.2, 0.25) is 0 Å². The van der Waals surface area contributed by atoms with Gasteiger partial charge in [0, 0.05) is 32.4 Å². The van der Waals surface area contributed by atoms with Gasteiger partial charge in [0.2, 0.25) is 0 Å². The lowest BCUT2D eigenvalue weighted by Crippen LogP contribution is -1.98. The van der Waals surface area contributed by atoms with E-state index in [0.29, 0.717) is 6.54 Å². The zero-order valence-electron chi connectivity index (χ0n) is 8.18. The van der Waals surface area contributed by atoms with E-state index in [1.54, 1.807) is 9.36 Å². The molecule has 2 heterocycles. The minimum Gasteiger partial charge on any atom is -0.363 e. The molecule has 0 aliphatic rings. The molecule has 0 saturated heterocycles. The molecule has 6 nitrogen and oxygen atoms in total. The third-order valence-electron chi connectivity index (χ3n) is 1.83. The predicted molar refractivity (Wildman–Crippen MR) is 51.5 cm³/mol. The second kappa shape index (κ2) is 3.49. The standard InChI is InChI=1S/C8H12N6/c1-13-5-7(4-10-13)3-9-8-6-14(2)12-11-8/h4-6,9H,3H2,1-2H3. The summed E-state index contributed by atoms with van der Waals surface area (Å²) >= 11 is 0. The summed E-state index contributed by atoms with van der Waals surface area (Å²) in [5.41, 5.74) is 1.12. The van der Waals surface area contributed by atoms with Crippen molar-refractivity contribution in [3.8, 4) is 0 Å². The molecule has 1 N–H and O–H groups in total. The smallest absolute Gasteiger partial charge is 0.168 e. The van der Waals surface area contributed by atoms with E-state index in [2.05, 4.69) is 20.7 Å². The first-order valence-corrected chi connectivity index (χ1v) is 4.32. The highest BCUT2D eigenvalue weighted by molar-refractivity contribution is 5.30. The van der Waals surface area contributed by atoms with Crippen LogP contribution in [0.5, 0.6) is 0 Å². The lowest BCUT2D eigenvalue weighted by molar-refractivity contribution is 0.715. The number of hydrogen-bond acceptors (Lipinski definition) is 4. The van der Waals surface area contributed by atoms with E-state index in [9.17, 15) is 0 Å². The molecule has 0 bridgehead atoms. The number of rotatable bonds is 3. The van der Waals surface area contributed by atoms with Gasteiger partial charge in [-0.1, -0.05) is 5.21 Å². The van der Waals surface area contributed by atoms with Gasteiger partial charge >= 0.3 is 0 Å². The highest BCUT2D eigenvalue weighted by Gasteiger charge is 1.98. The summed E-state index contributed by atoms with van der Waals surface area (Å²) in [5.74, 6) is 0.774. The van der Waals surface area contributed by atoms with Crippen molar-refractivity contribution in [2.45, 2.75) is 6.54 Å². The predicted octanol–water partition coefficient (Wildman–Crippen LogP) is 0.161. The Morgan fingerprint density at radius 3 is 2.71 bits per heavy atom. The number of aromatic nitrogens is 5. The van der Waals surface area contributed by atoms with E-state index >= 15 is 0 Å². The van der Waals surface area contributed by atoms with Crippen molar-refractivity contribution in [1.82, 2.24) is 24.8 Å². The molecule has 0 atom stereocenters. The van der Waals surface area contributed by atoms with Gasteiger partial charge in [0.25, 0.3) is 0 Å². The van der Waals surface area contributed by atoms with Crippen molar-refractivity contribution >= 4 is 5.82 Å². The molecule has 0 unspecified atom stereocenters. The maximum Gasteiger partial charge on any atom is 0.168 e. The molecular formula is C8H12N6. The average molecular weight is 192 g/mol. The molecule has 0 fully saturated rings. The van der Waals surface area contributed by atoms with Crippen LogP contribution in [0, 0.1) is 0 Å². The van der Waals surface area contributed by atoms with E-state index in [1.807, 2.05) is 32.7 Å². The maximum absolute atomic E-state index is 4.07. The van der Waals surface area contributed by atoms with Crippen LogP contribution in [0.15, 0.2) is 18.6 Å². The number of aryl methyl sites for hydroxylation is 2. The van der Waals surface area contributed by atoms with Gasteiger partial charge in [0.05, 0.1) is 12.4 Å². The highest BCUT2D eigenvalue weighted by atomic mass is 15.4. The zero-order chi connectivity index (χ0) is 9.97. The largest absolute Gasteiger partial charge is 0.363 e. The minimum atomic E-state index is 0.715. The lowest BCUT2D eigenvalue weighted by Gasteiger charge is -1.97. The number of nitrogens with one attached hydrogen (secondary N) is 1. The van der Waals surface area contributed by atoms with Gasteiger partial charge in [-0.15, -0.1) is 5.10 Å². The van der Waals surface area contributed by atoms with Crippen LogP contribution in [0.4, 0.5) is 5.82 Å². The molecule has 0 amide bonds. The monoisotopic (exact) mass is 192 g/mol. The molecule has 2 aromatic rings. The fourth-order valence-corrected chi connectivity index (χ4v) is 1.18. The van der Waals surface area contributed by atoms with E-state index < -0.39 is 0 Å². The van der Waals surface area contributed by atoms with Gasteiger partial charge in [0.1, 0.15) is 0 Å². The van der Waals surface area contributed by atoms with Crippen LogP contribution in [-0.4, -0.2) is 24.8 Å². The normalized spacial score (nSPS) is 10.4. The summed E-state index contributed by atoms with van der Waals surface area (Å²) in [7, 11) is 3.73. The summed E-state index contributed by atoms with van der Waals surface area (Å²) < 4.78 is 3.43. The van der Waals surface area contributed by atoms with Crippen molar-refractivity contribution in [1.29, 1.82) is 0 Å². The molecule has 0 radical (unpaired) electrons. The fourth-order valence-electron chi connectivity index (χ4n) is 1.18. The summed E-state index contributed by atoms with van der Waals surface area (Å²) in [6, 6.07) is 0. The summed E-state index contributed by atoms with van der Waals surface area (Å²) in [5, 5.41) is 14.9. The van der Waals surface area contributed by atoms with Gasteiger partial charge in [-0.05, 0) is 0 Å². The molecule has 2 aromatic heterocycles. The summed E-state index contributed by atoms with van der Waals surface area (Å²) in [6.07, 6.45) is 5.61. The number of anilines is 1. The van der Waals surface area contributed by atoms with Crippen molar-refractivity contribution in [3.63, 3.8) is 0 Å². The van der Waals surface area contributed by atoms with E-state index in [-0.39, 0.29) is 0 Å². The van der Waals surface area contributed by atoms with E-state index in [1.165, 1.54) is 0 Å². The van der Waals surface area contributed by atoms with Gasteiger partial charge in [-0.2, -0.15) is 5.10 Å². The number of nitrogens with zero attached hydrogens (tertiary/aromatic N) is 5. The molecule has 0 saturated carbocycles. The van der Waals surface area contributed by atoms with Crippen LogP contribution >= 0.6 is 0 Å². The SMILES string of the molecule is Cn1cc(CNc2cn(C)nn2)cn1. The first-order valence-electron chi connectivity index (χ1n) is 4.32. The third-order valence-corrected chi connectivity index (χ3v) is 1.83. The molecule has 2 rings (SSSR count). The van der Waals surface area contributed by atoms with Gasteiger partial charge in [-0.25, -0.2) is 0 Å². The molecule has 0 aliphatic carbocycles.